The molecule has 0 saturated heterocycles. The monoisotopic (exact) mass is 351 g/mol. The summed E-state index contributed by atoms with van der Waals surface area (Å²) in [5.41, 5.74) is 0. The van der Waals surface area contributed by atoms with Crippen molar-refractivity contribution in [2.75, 3.05) is 6.16 Å². The molecule has 0 unspecified atom stereocenters. The van der Waals surface area contributed by atoms with Gasteiger partial charge < -0.3 is 31.0 Å². The molecule has 0 aliphatic carbocycles. The molecule has 0 saturated carbocycles. The Labute approximate surface area is 209 Å². The molecular weight excluding hydrogens is 337 g/mol. The van der Waals surface area contributed by atoms with Crippen LogP contribution < -0.4 is 124 Å². The second-order valence-electron chi connectivity index (χ2n) is 2.88. The Morgan fingerprint density at radius 1 is 1.05 bits per heavy atom. The molecule has 0 aliphatic heterocycles. The minimum Gasteiger partial charge on any atom is -1.00 e. The zero-order valence-corrected chi connectivity index (χ0v) is 20.8. The second-order valence-corrected chi connectivity index (χ2v) is 4.52. The van der Waals surface area contributed by atoms with Crippen LogP contribution in [0.2, 0.25) is 0 Å². The molecule has 14 heteroatoms. The Morgan fingerprint density at radius 3 is 1.70 bits per heavy atom. The van der Waals surface area contributed by atoms with E-state index in [1.54, 1.807) is 5.32 Å². The van der Waals surface area contributed by atoms with Crippen LogP contribution in [0.5, 0.6) is 0 Å². The van der Waals surface area contributed by atoms with E-state index in [0.717, 1.165) is 0 Å². The van der Waals surface area contributed by atoms with Crippen LogP contribution in [0.1, 0.15) is 12.1 Å². The second kappa shape index (κ2) is 16.4. The van der Waals surface area contributed by atoms with Gasteiger partial charge in [0.1, 0.15) is 12.2 Å². The molecule has 0 bridgehead atoms. The molecule has 9 nitrogen and oxygen atoms in total. The number of amides is 1. The third-order valence-corrected chi connectivity index (χ3v) is 2.06. The van der Waals surface area contributed by atoms with Crippen molar-refractivity contribution in [3.63, 3.8) is 0 Å². The minimum atomic E-state index is -4.59. The van der Waals surface area contributed by atoms with Crippen LogP contribution >= 0.6 is 7.60 Å². The summed E-state index contributed by atoms with van der Waals surface area (Å²) in [7, 11) is -4.59. The van der Waals surface area contributed by atoms with E-state index >= 15 is 0 Å². The number of hydrogen-bond acceptors (Lipinski definition) is 4. The van der Waals surface area contributed by atoms with Gasteiger partial charge in [-0.25, -0.2) is 4.79 Å². The van der Waals surface area contributed by atoms with E-state index in [1.807, 2.05) is 0 Å². The Hall–Kier alpha value is 2.56. The summed E-state index contributed by atoms with van der Waals surface area (Å²) in [5.74, 6) is -4.27. The molecule has 0 radical (unpaired) electrons. The zero-order chi connectivity index (χ0) is 12.9. The van der Waals surface area contributed by atoms with E-state index in [-0.39, 0.29) is 124 Å². The van der Waals surface area contributed by atoms with Gasteiger partial charge in [-0.15, -0.1) is 0 Å². The van der Waals surface area contributed by atoms with Crippen molar-refractivity contribution in [3.05, 3.63) is 0 Å². The van der Waals surface area contributed by atoms with Gasteiger partial charge in [0.05, 0.1) is 6.42 Å². The van der Waals surface area contributed by atoms with Gasteiger partial charge in [-0.3, -0.25) is 14.2 Å². The van der Waals surface area contributed by atoms with Gasteiger partial charge in [0.2, 0.25) is 5.91 Å². The third-order valence-electron chi connectivity index (χ3n) is 1.36. The van der Waals surface area contributed by atoms with Gasteiger partial charge in [-0.2, -0.15) is 0 Å². The fourth-order valence-electron chi connectivity index (χ4n) is 0.802. The fourth-order valence-corrected chi connectivity index (χ4v) is 1.27. The summed E-state index contributed by atoms with van der Waals surface area (Å²) in [4.78, 5) is 48.4. The molecule has 5 N–H and O–H groups in total. The van der Waals surface area contributed by atoms with Crippen molar-refractivity contribution in [2.45, 2.75) is 12.5 Å². The molecular formula is C6H14NNa4O8P. The summed E-state index contributed by atoms with van der Waals surface area (Å²) < 4.78 is 10.4. The SMILES string of the molecule is O=C(O)C[C@H](NC(=O)CP(=O)(O)O)C(=O)O.[H-].[H-].[H-].[H-].[Na+].[Na+].[Na+].[Na+]. The quantitative estimate of drug-likeness (QED) is 0.233. The first-order chi connectivity index (χ1) is 7.11. The summed E-state index contributed by atoms with van der Waals surface area (Å²) in [5, 5.41) is 18.5. The molecule has 0 aromatic rings. The Kier molecular flexibility index (Phi) is 27.9. The summed E-state index contributed by atoms with van der Waals surface area (Å²) in [6.45, 7) is 0. The van der Waals surface area contributed by atoms with Crippen molar-refractivity contribution < 1.29 is 163 Å². The first-order valence-corrected chi connectivity index (χ1v) is 5.70. The third kappa shape index (κ3) is 20.6. The summed E-state index contributed by atoms with van der Waals surface area (Å²) >= 11 is 0. The standard InChI is InChI=1S/C6H10NO8P.4Na.4H/c8-4(2-16(13,14)15)7-3(6(11)12)1-5(9)10;;;;;;;;/h3H,1-2H2,(H,7,8)(H,9,10)(H,11,12)(H2,13,14,15);;;;;;;;/q;4*+1;4*-1/t3-;;;;;;;;/m0......../s1. The number of carbonyl (C=O) groups is 3. The van der Waals surface area contributed by atoms with Crippen LogP contribution in [-0.4, -0.2) is 50.0 Å². The molecule has 0 fully saturated rings. The maximum atomic E-state index is 10.9. The Balaban J connectivity index is -0.0000000402. The van der Waals surface area contributed by atoms with Crippen molar-refractivity contribution >= 4 is 25.4 Å². The van der Waals surface area contributed by atoms with Crippen LogP contribution in [0.4, 0.5) is 0 Å². The van der Waals surface area contributed by atoms with Crippen LogP contribution in [0, 0.1) is 0 Å². The van der Waals surface area contributed by atoms with E-state index in [2.05, 4.69) is 0 Å². The summed E-state index contributed by atoms with van der Waals surface area (Å²) in [6.07, 6.45) is -2.06. The largest absolute Gasteiger partial charge is 1.00 e. The molecule has 0 aromatic heterocycles. The number of carbonyl (C=O) groups excluding carboxylic acids is 1. The van der Waals surface area contributed by atoms with E-state index in [4.69, 9.17) is 20.0 Å². The van der Waals surface area contributed by atoms with Gasteiger partial charge >= 0.3 is 138 Å². The molecule has 0 heterocycles. The zero-order valence-electron chi connectivity index (χ0n) is 15.9. The van der Waals surface area contributed by atoms with Crippen LogP contribution in [0.15, 0.2) is 0 Å². The normalized spacial score (nSPS) is 10.3. The van der Waals surface area contributed by atoms with Crippen LogP contribution in [-0.2, 0) is 18.9 Å². The number of carboxylic acid groups (broad SMARTS) is 2. The molecule has 0 aliphatic rings. The van der Waals surface area contributed by atoms with E-state index in [9.17, 15) is 18.9 Å². The van der Waals surface area contributed by atoms with E-state index in [1.165, 1.54) is 0 Å². The van der Waals surface area contributed by atoms with Crippen LogP contribution in [0.25, 0.3) is 0 Å². The summed E-state index contributed by atoms with van der Waals surface area (Å²) in [6, 6.07) is -1.71. The smallest absolute Gasteiger partial charge is 1.00 e. The number of nitrogens with one attached hydrogen (secondary N) is 1. The Bertz CT molecular complexity index is 376. The molecule has 0 aromatic carbocycles. The number of aliphatic carboxylic acids is 2. The predicted molar refractivity (Wildman–Crippen MR) is 53.2 cm³/mol. The molecule has 100 valence electrons. The fraction of sp³-hybridized carbons (Fsp3) is 0.500. The minimum absolute atomic E-state index is 0. The number of carboxylic acids is 2. The van der Waals surface area contributed by atoms with Gasteiger partial charge in [0.15, 0.2) is 0 Å². The van der Waals surface area contributed by atoms with Gasteiger partial charge in [-0.05, 0) is 0 Å². The molecule has 0 rings (SSSR count). The average molecular weight is 351 g/mol. The van der Waals surface area contributed by atoms with E-state index in [0.29, 0.717) is 0 Å². The first kappa shape index (κ1) is 34.0. The Morgan fingerprint density at radius 2 is 1.45 bits per heavy atom. The van der Waals surface area contributed by atoms with Crippen molar-refractivity contribution in [3.8, 4) is 0 Å². The van der Waals surface area contributed by atoms with Gasteiger partial charge in [-0.1, -0.05) is 0 Å². The molecule has 20 heavy (non-hydrogen) atoms. The van der Waals surface area contributed by atoms with Crippen molar-refractivity contribution in [2.24, 2.45) is 0 Å². The maximum absolute atomic E-state index is 10.9. The maximum Gasteiger partial charge on any atom is 1.00 e. The molecule has 1 amide bonds. The van der Waals surface area contributed by atoms with Gasteiger partial charge in [0, 0.05) is 0 Å². The van der Waals surface area contributed by atoms with Crippen molar-refractivity contribution in [1.29, 1.82) is 0 Å². The topological polar surface area (TPSA) is 161 Å². The predicted octanol–water partition coefficient (Wildman–Crippen LogP) is -13.3. The number of hydrogen-bond donors (Lipinski definition) is 5. The van der Waals surface area contributed by atoms with Gasteiger partial charge in [0.25, 0.3) is 0 Å². The van der Waals surface area contributed by atoms with Crippen LogP contribution in [0.3, 0.4) is 0 Å². The average Bonchev–Trinajstić information content (AvgIpc) is 1.97. The van der Waals surface area contributed by atoms with E-state index < -0.39 is 44.1 Å². The van der Waals surface area contributed by atoms with Crippen molar-refractivity contribution in [1.82, 2.24) is 5.32 Å². The first-order valence-electron chi connectivity index (χ1n) is 3.90. The number of rotatable bonds is 6. The molecule has 1 atom stereocenters. The molecule has 0 spiro atoms.